The molecule has 0 aromatic heterocycles. The van der Waals surface area contributed by atoms with Gasteiger partial charge >= 0.3 is 0 Å². The second-order valence-electron chi connectivity index (χ2n) is 6.02. The first kappa shape index (κ1) is 15.7. The smallest absolute Gasteiger partial charge is 0.244 e. The Balaban J connectivity index is 1.73. The molecule has 0 unspecified atom stereocenters. The highest BCUT2D eigenvalue weighted by Crippen LogP contribution is 2.47. The molecule has 2 saturated heterocycles. The van der Waals surface area contributed by atoms with Gasteiger partial charge in [-0.1, -0.05) is 29.8 Å². The van der Waals surface area contributed by atoms with Crippen LogP contribution in [0.2, 0.25) is 5.02 Å². The van der Waals surface area contributed by atoms with Gasteiger partial charge in [0.2, 0.25) is 11.8 Å². The number of fused-ring (bicyclic) bond motifs is 1. The molecule has 4 nitrogen and oxygen atoms in total. The molecule has 3 atom stereocenters. The third-order valence-electron chi connectivity index (χ3n) is 4.48. The Kier molecular flexibility index (Phi) is 4.12. The minimum atomic E-state index is -0.380. The summed E-state index contributed by atoms with van der Waals surface area (Å²) >= 11 is 7.88. The number of benzene rings is 1. The van der Waals surface area contributed by atoms with Crippen LogP contribution in [0.3, 0.4) is 0 Å². The second-order valence-corrected chi connectivity index (χ2v) is 7.93. The monoisotopic (exact) mass is 338 g/mol. The molecule has 118 valence electrons. The van der Waals surface area contributed by atoms with Crippen molar-refractivity contribution in [2.24, 2.45) is 0 Å². The van der Waals surface area contributed by atoms with Crippen LogP contribution in [0.15, 0.2) is 24.3 Å². The Morgan fingerprint density at radius 3 is 2.95 bits per heavy atom. The molecule has 1 aromatic carbocycles. The molecule has 1 N–H and O–H groups in total. The standard InChI is InChI=1S/C16H19ClN2O2S/c1-10(11-5-3-4-6-12(11)17)18-15(21)13-9-22-16(2)8-7-14(20)19(13)16/h3-6,10,13H,7-9H2,1-2H3,(H,18,21)/t10-,13-,16+/m0/s1. The van der Waals surface area contributed by atoms with Crippen LogP contribution < -0.4 is 5.32 Å². The number of halogens is 1. The Labute approximate surface area is 139 Å². The van der Waals surface area contributed by atoms with E-state index in [1.165, 1.54) is 0 Å². The van der Waals surface area contributed by atoms with Crippen LogP contribution in [0.25, 0.3) is 0 Å². The van der Waals surface area contributed by atoms with Crippen LogP contribution in [0.4, 0.5) is 0 Å². The fourth-order valence-electron chi connectivity index (χ4n) is 3.23. The fourth-order valence-corrected chi connectivity index (χ4v) is 4.96. The van der Waals surface area contributed by atoms with Crippen LogP contribution in [0.5, 0.6) is 0 Å². The first-order valence-electron chi connectivity index (χ1n) is 7.43. The molecule has 2 fully saturated rings. The van der Waals surface area contributed by atoms with Crippen LogP contribution in [-0.4, -0.2) is 33.4 Å². The summed E-state index contributed by atoms with van der Waals surface area (Å²) in [4.78, 5) is 26.3. The van der Waals surface area contributed by atoms with Crippen molar-refractivity contribution >= 4 is 35.2 Å². The molecule has 2 heterocycles. The van der Waals surface area contributed by atoms with Crippen molar-refractivity contribution in [3.05, 3.63) is 34.9 Å². The number of carbonyl (C=O) groups excluding carboxylic acids is 2. The third kappa shape index (κ3) is 2.61. The third-order valence-corrected chi connectivity index (χ3v) is 6.33. The van der Waals surface area contributed by atoms with Crippen molar-refractivity contribution in [2.75, 3.05) is 5.75 Å². The zero-order valence-electron chi connectivity index (χ0n) is 12.6. The number of amides is 2. The summed E-state index contributed by atoms with van der Waals surface area (Å²) in [6, 6.07) is 6.91. The van der Waals surface area contributed by atoms with Crippen molar-refractivity contribution in [3.8, 4) is 0 Å². The summed E-state index contributed by atoms with van der Waals surface area (Å²) in [7, 11) is 0. The number of hydrogen-bond acceptors (Lipinski definition) is 3. The lowest BCUT2D eigenvalue weighted by Gasteiger charge is -2.30. The molecule has 22 heavy (non-hydrogen) atoms. The first-order valence-corrected chi connectivity index (χ1v) is 8.80. The molecule has 0 spiro atoms. The van der Waals surface area contributed by atoms with Gasteiger partial charge in [-0.3, -0.25) is 9.59 Å². The number of rotatable bonds is 3. The highest BCUT2D eigenvalue weighted by Gasteiger charge is 2.52. The molecule has 6 heteroatoms. The SMILES string of the molecule is C[C@H](NC(=O)[C@@H]1CS[C@]2(C)CCC(=O)N12)c1ccccc1Cl. The van der Waals surface area contributed by atoms with E-state index in [4.69, 9.17) is 11.6 Å². The minimum absolute atomic E-state index is 0.0815. The van der Waals surface area contributed by atoms with Gasteiger partial charge in [-0.25, -0.2) is 0 Å². The normalized spacial score (nSPS) is 28.6. The number of thioether (sulfide) groups is 1. The van der Waals surface area contributed by atoms with Crippen LogP contribution in [-0.2, 0) is 9.59 Å². The highest BCUT2D eigenvalue weighted by molar-refractivity contribution is 8.01. The van der Waals surface area contributed by atoms with Gasteiger partial charge in [-0.2, -0.15) is 0 Å². The van der Waals surface area contributed by atoms with Crippen molar-refractivity contribution in [2.45, 2.75) is 43.6 Å². The quantitative estimate of drug-likeness (QED) is 0.921. The molecular formula is C16H19ClN2O2S. The van der Waals surface area contributed by atoms with E-state index in [0.29, 0.717) is 17.2 Å². The zero-order chi connectivity index (χ0) is 15.9. The molecule has 2 aliphatic heterocycles. The number of nitrogens with zero attached hydrogens (tertiary/aromatic N) is 1. The lowest BCUT2D eigenvalue weighted by Crippen LogP contribution is -2.50. The van der Waals surface area contributed by atoms with Crippen molar-refractivity contribution in [1.29, 1.82) is 0 Å². The molecule has 0 radical (unpaired) electrons. The van der Waals surface area contributed by atoms with E-state index in [2.05, 4.69) is 5.32 Å². The van der Waals surface area contributed by atoms with Crippen molar-refractivity contribution < 1.29 is 9.59 Å². The number of carbonyl (C=O) groups is 2. The van der Waals surface area contributed by atoms with Crippen molar-refractivity contribution in [1.82, 2.24) is 10.2 Å². The van der Waals surface area contributed by atoms with Crippen LogP contribution in [0, 0.1) is 0 Å². The predicted molar refractivity (Wildman–Crippen MR) is 88.7 cm³/mol. The predicted octanol–water partition coefficient (Wildman–Crippen LogP) is 2.97. The first-order chi connectivity index (χ1) is 10.4. The van der Waals surface area contributed by atoms with E-state index in [-0.39, 0.29) is 28.8 Å². The second kappa shape index (κ2) is 5.78. The lowest BCUT2D eigenvalue weighted by molar-refractivity contribution is -0.138. The maximum Gasteiger partial charge on any atom is 0.244 e. The Morgan fingerprint density at radius 2 is 2.23 bits per heavy atom. The summed E-state index contributed by atoms with van der Waals surface area (Å²) < 4.78 is 0. The highest BCUT2D eigenvalue weighted by atomic mass is 35.5. The summed E-state index contributed by atoms with van der Waals surface area (Å²) in [6.07, 6.45) is 1.35. The Morgan fingerprint density at radius 1 is 1.50 bits per heavy atom. The van der Waals surface area contributed by atoms with E-state index in [1.54, 1.807) is 16.7 Å². The molecule has 0 aliphatic carbocycles. The topological polar surface area (TPSA) is 49.4 Å². The van der Waals surface area contributed by atoms with E-state index in [1.807, 2.05) is 38.1 Å². The van der Waals surface area contributed by atoms with Crippen molar-refractivity contribution in [3.63, 3.8) is 0 Å². The van der Waals surface area contributed by atoms with Gasteiger partial charge in [0, 0.05) is 17.2 Å². The Bertz CT molecular complexity index is 624. The van der Waals surface area contributed by atoms with Crippen LogP contribution >= 0.6 is 23.4 Å². The zero-order valence-corrected chi connectivity index (χ0v) is 14.2. The molecule has 0 saturated carbocycles. The average Bonchev–Trinajstić information content (AvgIpc) is 2.96. The summed E-state index contributed by atoms with van der Waals surface area (Å²) in [5, 5.41) is 3.64. The summed E-state index contributed by atoms with van der Waals surface area (Å²) in [5.41, 5.74) is 0.888. The van der Waals surface area contributed by atoms with E-state index in [9.17, 15) is 9.59 Å². The number of nitrogens with one attached hydrogen (secondary N) is 1. The maximum atomic E-state index is 12.6. The van der Waals surface area contributed by atoms with Gasteiger partial charge in [0.25, 0.3) is 0 Å². The average molecular weight is 339 g/mol. The van der Waals surface area contributed by atoms with E-state index in [0.717, 1.165) is 12.0 Å². The minimum Gasteiger partial charge on any atom is -0.348 e. The number of hydrogen-bond donors (Lipinski definition) is 1. The maximum absolute atomic E-state index is 12.6. The molecule has 2 amide bonds. The molecule has 0 bridgehead atoms. The van der Waals surface area contributed by atoms with Gasteiger partial charge in [0.1, 0.15) is 6.04 Å². The summed E-state index contributed by atoms with van der Waals surface area (Å²) in [5.74, 6) is 0.639. The van der Waals surface area contributed by atoms with Gasteiger partial charge in [0.05, 0.1) is 10.9 Å². The van der Waals surface area contributed by atoms with Gasteiger partial charge in [-0.05, 0) is 31.9 Å². The lowest BCUT2D eigenvalue weighted by atomic mass is 10.1. The molecule has 1 aromatic rings. The van der Waals surface area contributed by atoms with Gasteiger partial charge in [-0.15, -0.1) is 11.8 Å². The van der Waals surface area contributed by atoms with E-state index < -0.39 is 0 Å². The largest absolute Gasteiger partial charge is 0.348 e. The fraction of sp³-hybridized carbons (Fsp3) is 0.500. The molecular weight excluding hydrogens is 320 g/mol. The molecule has 3 rings (SSSR count). The van der Waals surface area contributed by atoms with E-state index >= 15 is 0 Å². The Hall–Kier alpha value is -1.20. The molecule has 2 aliphatic rings. The van der Waals surface area contributed by atoms with Gasteiger partial charge < -0.3 is 10.2 Å². The van der Waals surface area contributed by atoms with Gasteiger partial charge in [0.15, 0.2) is 0 Å². The summed E-state index contributed by atoms with van der Waals surface area (Å²) in [6.45, 7) is 3.96. The van der Waals surface area contributed by atoms with Crippen LogP contribution in [0.1, 0.15) is 38.3 Å².